The molecule has 0 aliphatic heterocycles. The van der Waals surface area contributed by atoms with Gasteiger partial charge in [0, 0.05) is 11.1 Å². The molecule has 100 valence electrons. The number of benzene rings is 1. The Balaban J connectivity index is 2.17. The number of hydrogen-bond acceptors (Lipinski definition) is 2. The maximum Gasteiger partial charge on any atom is 0.145 e. The molecule has 0 amide bonds. The quantitative estimate of drug-likeness (QED) is 0.782. The van der Waals surface area contributed by atoms with Crippen LogP contribution in [0.4, 0.5) is 0 Å². The number of nitrogens with zero attached hydrogens (tertiary/aromatic N) is 1. The first kappa shape index (κ1) is 12.5. The SMILES string of the molecule is COc1cccc2c(C3CCCCC3)cc(C)nc12. The van der Waals surface area contributed by atoms with Crippen molar-refractivity contribution in [1.29, 1.82) is 0 Å². The molecule has 2 aromatic rings. The Bertz CT molecular complexity index is 585. The van der Waals surface area contributed by atoms with Crippen molar-refractivity contribution in [2.24, 2.45) is 0 Å². The van der Waals surface area contributed by atoms with Crippen LogP contribution in [0.2, 0.25) is 0 Å². The van der Waals surface area contributed by atoms with Gasteiger partial charge in [-0.15, -0.1) is 0 Å². The van der Waals surface area contributed by atoms with Crippen LogP contribution in [-0.2, 0) is 0 Å². The molecule has 19 heavy (non-hydrogen) atoms. The van der Waals surface area contributed by atoms with E-state index in [1.807, 2.05) is 6.07 Å². The summed E-state index contributed by atoms with van der Waals surface area (Å²) in [5.74, 6) is 1.59. The third kappa shape index (κ3) is 2.32. The van der Waals surface area contributed by atoms with E-state index in [9.17, 15) is 0 Å². The Morgan fingerprint density at radius 1 is 1.16 bits per heavy atom. The Hall–Kier alpha value is -1.57. The largest absolute Gasteiger partial charge is 0.494 e. The topological polar surface area (TPSA) is 22.1 Å². The summed E-state index contributed by atoms with van der Waals surface area (Å²) < 4.78 is 5.46. The van der Waals surface area contributed by atoms with Gasteiger partial charge in [-0.05, 0) is 43.4 Å². The lowest BCUT2D eigenvalue weighted by Gasteiger charge is -2.24. The smallest absolute Gasteiger partial charge is 0.145 e. The molecule has 1 aliphatic carbocycles. The maximum absolute atomic E-state index is 5.46. The van der Waals surface area contributed by atoms with Gasteiger partial charge >= 0.3 is 0 Å². The van der Waals surface area contributed by atoms with Crippen molar-refractivity contribution in [2.45, 2.75) is 44.9 Å². The number of aromatic nitrogens is 1. The first-order chi connectivity index (χ1) is 9.29. The molecule has 0 spiro atoms. The van der Waals surface area contributed by atoms with Crippen molar-refractivity contribution >= 4 is 10.9 Å². The summed E-state index contributed by atoms with van der Waals surface area (Å²) in [7, 11) is 1.72. The van der Waals surface area contributed by atoms with Crippen molar-refractivity contribution in [3.05, 3.63) is 35.5 Å². The molecule has 0 atom stereocenters. The highest BCUT2D eigenvalue weighted by atomic mass is 16.5. The molecule has 1 aromatic carbocycles. The Morgan fingerprint density at radius 3 is 2.68 bits per heavy atom. The standard InChI is InChI=1S/C17H21NO/c1-12-11-15(13-7-4-3-5-8-13)14-9-6-10-16(19-2)17(14)18-12/h6,9-11,13H,3-5,7-8H2,1-2H3. The Labute approximate surface area is 114 Å². The zero-order valence-corrected chi connectivity index (χ0v) is 11.8. The van der Waals surface area contributed by atoms with Gasteiger partial charge in [0.05, 0.1) is 7.11 Å². The molecule has 1 aliphatic rings. The molecule has 3 rings (SSSR count). The van der Waals surface area contributed by atoms with Crippen molar-refractivity contribution in [3.63, 3.8) is 0 Å². The van der Waals surface area contributed by atoms with Crippen LogP contribution in [0, 0.1) is 6.92 Å². The van der Waals surface area contributed by atoms with E-state index in [0.29, 0.717) is 5.92 Å². The van der Waals surface area contributed by atoms with E-state index in [4.69, 9.17) is 4.74 Å². The second-order valence-electron chi connectivity index (χ2n) is 5.54. The van der Waals surface area contributed by atoms with Gasteiger partial charge in [-0.1, -0.05) is 31.4 Å². The van der Waals surface area contributed by atoms with Crippen molar-refractivity contribution in [2.75, 3.05) is 7.11 Å². The lowest BCUT2D eigenvalue weighted by atomic mass is 9.82. The second-order valence-corrected chi connectivity index (χ2v) is 5.54. The molecule has 1 fully saturated rings. The highest BCUT2D eigenvalue weighted by molar-refractivity contribution is 5.88. The third-order valence-corrected chi connectivity index (χ3v) is 4.23. The van der Waals surface area contributed by atoms with Crippen LogP contribution in [0.5, 0.6) is 5.75 Å². The molecular weight excluding hydrogens is 234 g/mol. The maximum atomic E-state index is 5.46. The zero-order chi connectivity index (χ0) is 13.2. The molecular formula is C17H21NO. The van der Waals surface area contributed by atoms with Gasteiger partial charge in [0.1, 0.15) is 11.3 Å². The summed E-state index contributed by atoms with van der Waals surface area (Å²) in [5.41, 5.74) is 3.59. The van der Waals surface area contributed by atoms with E-state index in [0.717, 1.165) is 17.0 Å². The first-order valence-electron chi connectivity index (χ1n) is 7.24. The lowest BCUT2D eigenvalue weighted by Crippen LogP contribution is -2.06. The van der Waals surface area contributed by atoms with E-state index < -0.39 is 0 Å². The van der Waals surface area contributed by atoms with Crippen LogP contribution < -0.4 is 4.74 Å². The molecule has 1 aromatic heterocycles. The summed E-state index contributed by atoms with van der Waals surface area (Å²) in [6.07, 6.45) is 6.74. The number of hydrogen-bond donors (Lipinski definition) is 0. The molecule has 0 bridgehead atoms. The summed E-state index contributed by atoms with van der Waals surface area (Å²) in [6, 6.07) is 8.54. The molecule has 2 nitrogen and oxygen atoms in total. The Morgan fingerprint density at radius 2 is 1.95 bits per heavy atom. The number of aryl methyl sites for hydroxylation is 1. The summed E-state index contributed by atoms with van der Waals surface area (Å²) in [5, 5.41) is 1.27. The zero-order valence-electron chi connectivity index (χ0n) is 11.8. The molecule has 0 radical (unpaired) electrons. The van der Waals surface area contributed by atoms with Gasteiger partial charge in [-0.25, -0.2) is 4.98 Å². The number of rotatable bonds is 2. The van der Waals surface area contributed by atoms with Crippen molar-refractivity contribution in [3.8, 4) is 5.75 Å². The molecule has 2 heteroatoms. The summed E-state index contributed by atoms with van der Waals surface area (Å²) in [6.45, 7) is 2.08. The summed E-state index contributed by atoms with van der Waals surface area (Å²) in [4.78, 5) is 4.68. The van der Waals surface area contributed by atoms with E-state index in [1.165, 1.54) is 43.1 Å². The van der Waals surface area contributed by atoms with Crippen molar-refractivity contribution < 1.29 is 4.74 Å². The van der Waals surface area contributed by atoms with Gasteiger partial charge in [0.15, 0.2) is 0 Å². The fourth-order valence-electron chi connectivity index (χ4n) is 3.30. The van der Waals surface area contributed by atoms with E-state index >= 15 is 0 Å². The van der Waals surface area contributed by atoms with Crippen LogP contribution in [0.3, 0.4) is 0 Å². The summed E-state index contributed by atoms with van der Waals surface area (Å²) >= 11 is 0. The third-order valence-electron chi connectivity index (χ3n) is 4.23. The number of pyridine rings is 1. The number of methoxy groups -OCH3 is 1. The van der Waals surface area contributed by atoms with Gasteiger partial charge in [0.2, 0.25) is 0 Å². The van der Waals surface area contributed by atoms with E-state index in [-0.39, 0.29) is 0 Å². The monoisotopic (exact) mass is 255 g/mol. The molecule has 0 N–H and O–H groups in total. The second kappa shape index (κ2) is 5.20. The van der Waals surface area contributed by atoms with E-state index in [1.54, 1.807) is 7.11 Å². The average molecular weight is 255 g/mol. The van der Waals surface area contributed by atoms with E-state index in [2.05, 4.69) is 30.1 Å². The molecule has 0 unspecified atom stereocenters. The number of fused-ring (bicyclic) bond motifs is 1. The minimum absolute atomic E-state index is 0.699. The highest BCUT2D eigenvalue weighted by Gasteiger charge is 2.19. The normalized spacial score (nSPS) is 16.7. The fourth-order valence-corrected chi connectivity index (χ4v) is 3.30. The van der Waals surface area contributed by atoms with Crippen molar-refractivity contribution in [1.82, 2.24) is 4.98 Å². The minimum atomic E-state index is 0.699. The highest BCUT2D eigenvalue weighted by Crippen LogP contribution is 2.38. The van der Waals surface area contributed by atoms with Crippen LogP contribution >= 0.6 is 0 Å². The van der Waals surface area contributed by atoms with Crippen LogP contribution in [0.1, 0.15) is 49.3 Å². The molecule has 1 saturated carbocycles. The number of ether oxygens (including phenoxy) is 1. The average Bonchev–Trinajstić information content (AvgIpc) is 2.46. The van der Waals surface area contributed by atoms with Crippen LogP contribution in [0.25, 0.3) is 10.9 Å². The van der Waals surface area contributed by atoms with Gasteiger partial charge in [-0.3, -0.25) is 0 Å². The van der Waals surface area contributed by atoms with Crippen LogP contribution in [0.15, 0.2) is 24.3 Å². The number of para-hydroxylation sites is 1. The fraction of sp³-hybridized carbons (Fsp3) is 0.471. The first-order valence-corrected chi connectivity index (χ1v) is 7.24. The predicted octanol–water partition coefficient (Wildman–Crippen LogP) is 4.60. The van der Waals surface area contributed by atoms with Gasteiger partial charge in [0.25, 0.3) is 0 Å². The Kier molecular flexibility index (Phi) is 3.41. The van der Waals surface area contributed by atoms with Gasteiger partial charge < -0.3 is 4.74 Å². The predicted molar refractivity (Wildman–Crippen MR) is 78.9 cm³/mol. The van der Waals surface area contributed by atoms with Crippen LogP contribution in [-0.4, -0.2) is 12.1 Å². The minimum Gasteiger partial charge on any atom is -0.494 e. The molecule has 0 saturated heterocycles. The molecule has 1 heterocycles. The van der Waals surface area contributed by atoms with Gasteiger partial charge in [-0.2, -0.15) is 0 Å². The lowest BCUT2D eigenvalue weighted by molar-refractivity contribution is 0.418.